The number of aromatic amines is 1. The fourth-order valence-electron chi connectivity index (χ4n) is 5.14. The van der Waals surface area contributed by atoms with Crippen molar-refractivity contribution in [1.82, 2.24) is 24.9 Å². The average molecular weight is 433 g/mol. The zero-order valence-corrected chi connectivity index (χ0v) is 17.9. The molecular weight excluding hydrogens is 409 g/mol. The molecule has 10 heteroatoms. The molecule has 3 aromatic heterocycles. The predicted octanol–water partition coefficient (Wildman–Crippen LogP) is 3.06. The quantitative estimate of drug-likeness (QED) is 0.388. The molecule has 2 fully saturated rings. The van der Waals surface area contributed by atoms with Gasteiger partial charge in [-0.15, -0.1) is 0 Å². The molecule has 1 aromatic carbocycles. The molecule has 2 aliphatic rings. The first-order valence-corrected chi connectivity index (χ1v) is 10.8. The number of nitrogens with zero attached hydrogens (tertiary/aromatic N) is 5. The van der Waals surface area contributed by atoms with Gasteiger partial charge in [-0.25, -0.2) is 14.4 Å². The van der Waals surface area contributed by atoms with E-state index in [1.54, 1.807) is 25.5 Å². The third-order valence-corrected chi connectivity index (χ3v) is 6.68. The topological polar surface area (TPSA) is 121 Å². The lowest BCUT2D eigenvalue weighted by molar-refractivity contribution is 0.471. The van der Waals surface area contributed by atoms with Crippen LogP contribution in [0.4, 0.5) is 27.5 Å². The molecule has 6 rings (SSSR count). The molecular formula is C22H24FN9. The van der Waals surface area contributed by atoms with Crippen molar-refractivity contribution in [3.8, 4) is 0 Å². The van der Waals surface area contributed by atoms with E-state index in [9.17, 15) is 4.39 Å². The molecule has 1 aliphatic carbocycles. The van der Waals surface area contributed by atoms with Crippen LogP contribution in [0.25, 0.3) is 21.9 Å². The number of anilines is 4. The monoisotopic (exact) mass is 433 g/mol. The molecule has 0 spiro atoms. The number of hydrogen-bond acceptors (Lipinski definition) is 8. The standard InChI is InChI=1S/C22H24FN9/c1-10-26-7-13(8-27-10)28-22-30-20-18(15-4-12(23)5-17(25-2)19(15)29-20)21(31-22)32-9-11-3-14(32)6-16(11)24/h4-5,7-8,11,14,16,25H,3,6,9,24H2,1-2H3,(H2,28,29,30,31)/t11-,14?,16-/m1/s1. The van der Waals surface area contributed by atoms with Gasteiger partial charge < -0.3 is 26.3 Å². The van der Waals surface area contributed by atoms with Crippen LogP contribution in [0.2, 0.25) is 0 Å². The Balaban J connectivity index is 1.55. The van der Waals surface area contributed by atoms with E-state index in [4.69, 9.17) is 15.7 Å². The average Bonchev–Trinajstić information content (AvgIpc) is 3.46. The fourth-order valence-corrected chi connectivity index (χ4v) is 5.14. The van der Waals surface area contributed by atoms with Crippen molar-refractivity contribution in [3.05, 3.63) is 36.2 Å². The number of halogens is 1. The second-order valence-electron chi connectivity index (χ2n) is 8.69. The van der Waals surface area contributed by atoms with Gasteiger partial charge in [0, 0.05) is 31.1 Å². The van der Waals surface area contributed by atoms with Crippen molar-refractivity contribution in [3.63, 3.8) is 0 Å². The molecule has 1 aliphatic heterocycles. The number of rotatable bonds is 4. The van der Waals surface area contributed by atoms with Crippen LogP contribution in [-0.2, 0) is 0 Å². The minimum Gasteiger partial charge on any atom is -0.386 e. The van der Waals surface area contributed by atoms with Gasteiger partial charge in [0.05, 0.1) is 34.7 Å². The van der Waals surface area contributed by atoms with E-state index in [-0.39, 0.29) is 11.9 Å². The molecule has 9 nitrogen and oxygen atoms in total. The van der Waals surface area contributed by atoms with Gasteiger partial charge in [-0.3, -0.25) is 0 Å². The lowest BCUT2D eigenvalue weighted by Crippen LogP contribution is -2.41. The van der Waals surface area contributed by atoms with Crippen LogP contribution in [-0.4, -0.2) is 50.6 Å². The molecule has 32 heavy (non-hydrogen) atoms. The molecule has 5 N–H and O–H groups in total. The third-order valence-electron chi connectivity index (χ3n) is 6.68. The Morgan fingerprint density at radius 3 is 2.69 bits per heavy atom. The first kappa shape index (κ1) is 19.2. The number of benzene rings is 1. The fraction of sp³-hybridized carbons (Fsp3) is 0.364. The second-order valence-corrected chi connectivity index (χ2v) is 8.69. The van der Waals surface area contributed by atoms with Gasteiger partial charge in [0.15, 0.2) is 0 Å². The van der Waals surface area contributed by atoms with E-state index in [1.165, 1.54) is 6.07 Å². The van der Waals surface area contributed by atoms with E-state index < -0.39 is 0 Å². The van der Waals surface area contributed by atoms with Gasteiger partial charge in [0.1, 0.15) is 23.1 Å². The summed E-state index contributed by atoms with van der Waals surface area (Å²) in [5, 5.41) is 7.87. The molecule has 2 bridgehead atoms. The van der Waals surface area contributed by atoms with Gasteiger partial charge in [0.25, 0.3) is 0 Å². The van der Waals surface area contributed by atoms with Crippen LogP contribution in [0.3, 0.4) is 0 Å². The van der Waals surface area contributed by atoms with Crippen molar-refractivity contribution in [2.75, 3.05) is 29.1 Å². The minimum absolute atomic E-state index is 0.229. The van der Waals surface area contributed by atoms with Crippen molar-refractivity contribution in [2.45, 2.75) is 31.8 Å². The Labute approximate surface area is 183 Å². The summed E-state index contributed by atoms with van der Waals surface area (Å²) in [4.78, 5) is 23.8. The first-order chi connectivity index (χ1) is 15.5. The Bertz CT molecular complexity index is 1330. The van der Waals surface area contributed by atoms with Crippen LogP contribution in [0.5, 0.6) is 0 Å². The Hall–Kier alpha value is -3.53. The van der Waals surface area contributed by atoms with Gasteiger partial charge in [-0.2, -0.15) is 9.97 Å². The molecule has 1 unspecified atom stereocenters. The van der Waals surface area contributed by atoms with E-state index in [0.29, 0.717) is 40.8 Å². The van der Waals surface area contributed by atoms with Crippen LogP contribution in [0.1, 0.15) is 18.7 Å². The molecule has 1 saturated heterocycles. The van der Waals surface area contributed by atoms with Gasteiger partial charge in [0.2, 0.25) is 5.95 Å². The highest BCUT2D eigenvalue weighted by atomic mass is 19.1. The zero-order valence-electron chi connectivity index (χ0n) is 17.9. The summed E-state index contributed by atoms with van der Waals surface area (Å²) < 4.78 is 14.4. The minimum atomic E-state index is -0.308. The van der Waals surface area contributed by atoms with Gasteiger partial charge in [-0.1, -0.05) is 0 Å². The molecule has 1 saturated carbocycles. The van der Waals surface area contributed by atoms with Crippen molar-refractivity contribution >= 4 is 45.1 Å². The normalized spacial score (nSPS) is 22.2. The molecule has 164 valence electrons. The number of aromatic nitrogens is 5. The van der Waals surface area contributed by atoms with Crippen molar-refractivity contribution < 1.29 is 4.39 Å². The third kappa shape index (κ3) is 2.94. The Morgan fingerprint density at radius 2 is 2.00 bits per heavy atom. The number of aryl methyl sites for hydroxylation is 1. The summed E-state index contributed by atoms with van der Waals surface area (Å²) in [6.45, 7) is 2.67. The highest BCUT2D eigenvalue weighted by Gasteiger charge is 2.44. The van der Waals surface area contributed by atoms with E-state index in [0.717, 1.165) is 41.5 Å². The molecule has 0 amide bonds. The SMILES string of the molecule is CNc1cc(F)cc2c1[nH]c1nc(Nc3cnc(C)nc3)nc(N3C[C@H]4CC3C[C@H]4N)c12. The molecule has 4 aromatic rings. The van der Waals surface area contributed by atoms with E-state index in [1.807, 2.05) is 6.92 Å². The number of piperidine rings is 1. The summed E-state index contributed by atoms with van der Waals surface area (Å²) in [5.41, 5.74) is 9.12. The maximum atomic E-state index is 14.4. The zero-order chi connectivity index (χ0) is 22.0. The lowest BCUT2D eigenvalue weighted by atomic mass is 10.0. The van der Waals surface area contributed by atoms with Crippen molar-refractivity contribution in [2.24, 2.45) is 11.7 Å². The van der Waals surface area contributed by atoms with Crippen LogP contribution in [0, 0.1) is 18.7 Å². The maximum Gasteiger partial charge on any atom is 0.231 e. The highest BCUT2D eigenvalue weighted by Crippen LogP contribution is 2.43. The Morgan fingerprint density at radius 1 is 1.19 bits per heavy atom. The van der Waals surface area contributed by atoms with Crippen LogP contribution < -0.4 is 21.3 Å². The van der Waals surface area contributed by atoms with Crippen LogP contribution >= 0.6 is 0 Å². The second kappa shape index (κ2) is 6.99. The Kier molecular flexibility index (Phi) is 4.19. The molecule has 3 atom stereocenters. The van der Waals surface area contributed by atoms with Gasteiger partial charge >= 0.3 is 0 Å². The lowest BCUT2D eigenvalue weighted by Gasteiger charge is -2.31. The summed E-state index contributed by atoms with van der Waals surface area (Å²) in [5.74, 6) is 2.06. The number of nitrogens with one attached hydrogen (secondary N) is 3. The number of H-pyrrole nitrogens is 1. The van der Waals surface area contributed by atoms with Gasteiger partial charge in [-0.05, 0) is 37.8 Å². The summed E-state index contributed by atoms with van der Waals surface area (Å²) in [7, 11) is 1.78. The first-order valence-electron chi connectivity index (χ1n) is 10.8. The number of hydrogen-bond donors (Lipinski definition) is 4. The highest BCUT2D eigenvalue weighted by molar-refractivity contribution is 6.15. The van der Waals surface area contributed by atoms with Crippen LogP contribution in [0.15, 0.2) is 24.5 Å². The number of fused-ring (bicyclic) bond motifs is 5. The van der Waals surface area contributed by atoms with E-state index in [2.05, 4.69) is 30.5 Å². The summed E-state index contributed by atoms with van der Waals surface area (Å²) in [6.07, 6.45) is 5.39. The summed E-state index contributed by atoms with van der Waals surface area (Å²) >= 11 is 0. The maximum absolute atomic E-state index is 14.4. The molecule has 4 heterocycles. The van der Waals surface area contributed by atoms with E-state index >= 15 is 0 Å². The summed E-state index contributed by atoms with van der Waals surface area (Å²) in [6, 6.07) is 3.57. The largest absolute Gasteiger partial charge is 0.386 e. The smallest absolute Gasteiger partial charge is 0.231 e. The number of nitrogens with two attached hydrogens (primary N) is 1. The molecule has 0 radical (unpaired) electrons. The predicted molar refractivity (Wildman–Crippen MR) is 123 cm³/mol. The van der Waals surface area contributed by atoms with Crippen molar-refractivity contribution in [1.29, 1.82) is 0 Å².